The lowest BCUT2D eigenvalue weighted by atomic mass is 9.95. The second-order valence-electron chi connectivity index (χ2n) is 7.23. The van der Waals surface area contributed by atoms with Crippen LogP contribution in [0.25, 0.3) is 21.8 Å². The van der Waals surface area contributed by atoms with E-state index in [0.717, 1.165) is 58.3 Å². The van der Waals surface area contributed by atoms with E-state index in [0.29, 0.717) is 11.7 Å². The summed E-state index contributed by atoms with van der Waals surface area (Å²) in [6.45, 7) is 11.1. The van der Waals surface area contributed by atoms with Crippen LogP contribution in [-0.2, 0) is 24.2 Å². The molecular weight excluding hydrogens is 384 g/mol. The summed E-state index contributed by atoms with van der Waals surface area (Å²) in [7, 11) is 0. The molecule has 0 radical (unpaired) electrons. The Hall–Kier alpha value is -3.00. The highest BCUT2D eigenvalue weighted by atomic mass is 32.1. The fourth-order valence-corrected chi connectivity index (χ4v) is 4.70. The molecule has 150 valence electrons. The Bertz CT molecular complexity index is 1080. The molecule has 0 atom stereocenters. The molecule has 7 nitrogen and oxygen atoms in total. The van der Waals surface area contributed by atoms with Crippen molar-refractivity contribution in [1.29, 1.82) is 0 Å². The van der Waals surface area contributed by atoms with Gasteiger partial charge in [0.05, 0.1) is 28.5 Å². The van der Waals surface area contributed by atoms with Crippen LogP contribution in [0.15, 0.2) is 30.5 Å². The number of nitrogens with zero attached hydrogens (tertiary/aromatic N) is 4. The molecule has 1 amide bonds. The van der Waals surface area contributed by atoms with Crippen LogP contribution in [0.4, 0.5) is 10.9 Å². The molecule has 3 aromatic heterocycles. The van der Waals surface area contributed by atoms with Gasteiger partial charge in [-0.3, -0.25) is 9.48 Å². The van der Waals surface area contributed by atoms with Gasteiger partial charge in [0.25, 0.3) is 0 Å². The summed E-state index contributed by atoms with van der Waals surface area (Å²) in [6, 6.07) is 4.04. The van der Waals surface area contributed by atoms with Gasteiger partial charge in [0.15, 0.2) is 5.13 Å². The molecule has 0 bridgehead atoms. The average Bonchev–Trinajstić information content (AvgIpc) is 3.22. The zero-order chi connectivity index (χ0) is 20.5. The van der Waals surface area contributed by atoms with E-state index in [2.05, 4.69) is 33.2 Å². The van der Waals surface area contributed by atoms with Crippen molar-refractivity contribution >= 4 is 28.2 Å². The van der Waals surface area contributed by atoms with E-state index in [4.69, 9.17) is 5.10 Å². The molecule has 0 fully saturated rings. The monoisotopic (exact) mass is 408 g/mol. The van der Waals surface area contributed by atoms with Crippen LogP contribution in [0.2, 0.25) is 0 Å². The second-order valence-corrected chi connectivity index (χ2v) is 8.23. The zero-order valence-corrected chi connectivity index (χ0v) is 17.7. The average molecular weight is 409 g/mol. The second kappa shape index (κ2) is 7.79. The summed E-state index contributed by atoms with van der Waals surface area (Å²) in [5.41, 5.74) is 6.28. The van der Waals surface area contributed by atoms with Crippen LogP contribution in [0.3, 0.4) is 0 Å². The number of fused-ring (bicyclic) bond motifs is 3. The maximum atomic E-state index is 11.5. The van der Waals surface area contributed by atoms with E-state index in [9.17, 15) is 4.79 Å². The van der Waals surface area contributed by atoms with E-state index >= 15 is 0 Å². The highest BCUT2D eigenvalue weighted by Gasteiger charge is 2.29. The van der Waals surface area contributed by atoms with Crippen molar-refractivity contribution < 1.29 is 4.79 Å². The first-order valence-electron chi connectivity index (χ1n) is 9.68. The number of hydrogen-bond acceptors (Lipinski definition) is 6. The largest absolute Gasteiger partial charge is 0.370 e. The summed E-state index contributed by atoms with van der Waals surface area (Å²) < 4.78 is 2.01. The van der Waals surface area contributed by atoms with Crippen molar-refractivity contribution in [1.82, 2.24) is 19.7 Å². The van der Waals surface area contributed by atoms with Crippen LogP contribution in [0, 0.1) is 0 Å². The van der Waals surface area contributed by atoms with Crippen LogP contribution in [-0.4, -0.2) is 32.2 Å². The van der Waals surface area contributed by atoms with E-state index in [-0.39, 0.29) is 5.91 Å². The van der Waals surface area contributed by atoms with Crippen LogP contribution < -0.4 is 10.6 Å². The van der Waals surface area contributed by atoms with Crippen LogP contribution in [0.1, 0.15) is 32.0 Å². The Balaban J connectivity index is 1.81. The number of carbonyl (C=O) groups is 1. The molecule has 0 unspecified atom stereocenters. The first kappa shape index (κ1) is 19.3. The summed E-state index contributed by atoms with van der Waals surface area (Å²) in [6.07, 6.45) is 3.55. The van der Waals surface area contributed by atoms with Gasteiger partial charge in [-0.1, -0.05) is 23.5 Å². The quantitative estimate of drug-likeness (QED) is 0.599. The third-order valence-electron chi connectivity index (χ3n) is 4.67. The Morgan fingerprint density at radius 2 is 2.14 bits per heavy atom. The van der Waals surface area contributed by atoms with Gasteiger partial charge in [0.2, 0.25) is 5.91 Å². The van der Waals surface area contributed by atoms with Crippen molar-refractivity contribution in [2.24, 2.45) is 0 Å². The zero-order valence-electron chi connectivity index (χ0n) is 16.9. The number of carbonyl (C=O) groups excluding carboxylic acids is 1. The highest BCUT2D eigenvalue weighted by molar-refractivity contribution is 7.19. The fourth-order valence-electron chi connectivity index (χ4n) is 3.57. The number of thiazole rings is 1. The molecule has 29 heavy (non-hydrogen) atoms. The molecule has 0 saturated heterocycles. The third-order valence-corrected chi connectivity index (χ3v) is 5.69. The molecule has 8 heteroatoms. The van der Waals surface area contributed by atoms with Gasteiger partial charge in [-0.2, -0.15) is 5.10 Å². The fraction of sp³-hybridized carbons (Fsp3) is 0.333. The highest BCUT2D eigenvalue weighted by Crippen LogP contribution is 2.43. The van der Waals surface area contributed by atoms with Crippen LogP contribution >= 0.6 is 11.3 Å². The lowest BCUT2D eigenvalue weighted by Crippen LogP contribution is -2.08. The van der Waals surface area contributed by atoms with Gasteiger partial charge in [-0.25, -0.2) is 9.97 Å². The molecule has 1 aliphatic carbocycles. The minimum atomic E-state index is -0.112. The first-order chi connectivity index (χ1) is 14.0. The lowest BCUT2D eigenvalue weighted by Gasteiger charge is -2.14. The van der Waals surface area contributed by atoms with Gasteiger partial charge in [-0.05, 0) is 38.8 Å². The molecule has 0 aliphatic heterocycles. The smallest absolute Gasteiger partial charge is 0.223 e. The number of rotatable bonds is 6. The predicted octanol–water partition coefficient (Wildman–Crippen LogP) is 4.13. The lowest BCUT2D eigenvalue weighted by molar-refractivity contribution is -0.114. The minimum Gasteiger partial charge on any atom is -0.370 e. The molecular formula is C21H24N6OS. The Morgan fingerprint density at radius 3 is 2.79 bits per heavy atom. The number of allylic oxidation sites excluding steroid dienone is 1. The van der Waals surface area contributed by atoms with Gasteiger partial charge < -0.3 is 10.6 Å². The SMILES string of the molecule is C=C(C)Cn1nc(-c2ccc(NCC)nc2)c2c1-c1sc(NC(C)=O)nc1CC2. The molecule has 4 rings (SSSR count). The van der Waals surface area contributed by atoms with E-state index in [1.165, 1.54) is 23.8 Å². The maximum Gasteiger partial charge on any atom is 0.223 e. The molecule has 1 aliphatic rings. The topological polar surface area (TPSA) is 84.7 Å². The third kappa shape index (κ3) is 3.80. The number of hydrogen-bond donors (Lipinski definition) is 2. The summed E-state index contributed by atoms with van der Waals surface area (Å²) in [5.74, 6) is 0.746. The molecule has 0 aromatic carbocycles. The Kier molecular flexibility index (Phi) is 5.19. The van der Waals surface area contributed by atoms with Gasteiger partial charge in [-0.15, -0.1) is 0 Å². The van der Waals surface area contributed by atoms with Crippen molar-refractivity contribution in [3.05, 3.63) is 41.7 Å². The van der Waals surface area contributed by atoms with Crippen molar-refractivity contribution in [3.63, 3.8) is 0 Å². The van der Waals surface area contributed by atoms with Crippen molar-refractivity contribution in [2.75, 3.05) is 17.2 Å². The summed E-state index contributed by atoms with van der Waals surface area (Å²) in [4.78, 5) is 21.7. The van der Waals surface area contributed by atoms with Gasteiger partial charge in [0, 0.05) is 30.8 Å². The summed E-state index contributed by atoms with van der Waals surface area (Å²) in [5, 5.41) is 11.6. The van der Waals surface area contributed by atoms with E-state index in [1.54, 1.807) is 0 Å². The normalized spacial score (nSPS) is 12.2. The van der Waals surface area contributed by atoms with Crippen molar-refractivity contribution in [2.45, 2.75) is 40.2 Å². The molecule has 0 saturated carbocycles. The number of anilines is 2. The van der Waals surface area contributed by atoms with E-state index in [1.807, 2.05) is 30.8 Å². The standard InChI is InChI=1S/C21H24N6OS/c1-5-22-17-9-6-14(10-23-17)18-15-7-8-16-20(29-21(25-16)24-13(4)28)19(15)27(26-18)11-12(2)3/h6,9-10H,2,5,7-8,11H2,1,3-4H3,(H,22,23)(H,24,25,28). The van der Waals surface area contributed by atoms with Gasteiger partial charge in [0.1, 0.15) is 5.82 Å². The summed E-state index contributed by atoms with van der Waals surface area (Å²) >= 11 is 1.51. The number of nitrogens with one attached hydrogen (secondary N) is 2. The Morgan fingerprint density at radius 1 is 1.31 bits per heavy atom. The minimum absolute atomic E-state index is 0.112. The molecule has 2 N–H and O–H groups in total. The number of pyridine rings is 1. The van der Waals surface area contributed by atoms with Crippen LogP contribution in [0.5, 0.6) is 0 Å². The molecule has 0 spiro atoms. The molecule has 3 aromatic rings. The first-order valence-corrected chi connectivity index (χ1v) is 10.5. The number of amides is 1. The van der Waals surface area contributed by atoms with Gasteiger partial charge >= 0.3 is 0 Å². The number of aryl methyl sites for hydroxylation is 1. The maximum absolute atomic E-state index is 11.5. The Labute approximate surface area is 173 Å². The van der Waals surface area contributed by atoms with Crippen molar-refractivity contribution in [3.8, 4) is 21.8 Å². The van der Waals surface area contributed by atoms with E-state index < -0.39 is 0 Å². The number of aromatic nitrogens is 4. The predicted molar refractivity (Wildman–Crippen MR) is 117 cm³/mol. The molecule has 3 heterocycles.